The number of alkyl halides is 13. The first kappa shape index (κ1) is 29.0. The Hall–Kier alpha value is -2.28. The molecule has 0 saturated carbocycles. The van der Waals surface area contributed by atoms with Crippen molar-refractivity contribution in [3.63, 3.8) is 0 Å². The van der Waals surface area contributed by atoms with Gasteiger partial charge in [-0.15, -0.1) is 0 Å². The zero-order chi connectivity index (χ0) is 27.1. The van der Waals surface area contributed by atoms with Gasteiger partial charge in [-0.25, -0.2) is 0 Å². The molecule has 0 bridgehead atoms. The molecule has 1 aromatic heterocycles. The first-order valence-corrected chi connectivity index (χ1v) is 10.1. The molecule has 2 aromatic rings. The standard InChI is InChI=1S/C21H18F13N/c1-2-3-6-12(13-9-10-35-15-8-5-4-7-14(13)15)11-16(22,23)17(24,25)18(26,27)19(28,29)20(30,31)21(32,33)34/h4-5,7-10,12H,2-3,6,11H2,1H3. The van der Waals surface area contributed by atoms with Crippen LogP contribution in [0.1, 0.15) is 44.1 Å². The van der Waals surface area contributed by atoms with E-state index in [9.17, 15) is 57.1 Å². The summed E-state index contributed by atoms with van der Waals surface area (Å²) >= 11 is 0. The molecular formula is C21H18F13N. The molecule has 1 unspecified atom stereocenters. The van der Waals surface area contributed by atoms with E-state index < -0.39 is 48.1 Å². The molecule has 1 heterocycles. The van der Waals surface area contributed by atoms with Crippen molar-refractivity contribution < 1.29 is 57.1 Å². The van der Waals surface area contributed by atoms with Gasteiger partial charge in [-0.1, -0.05) is 38.0 Å². The summed E-state index contributed by atoms with van der Waals surface area (Å²) in [4.78, 5) is 3.93. The van der Waals surface area contributed by atoms with Gasteiger partial charge in [0.25, 0.3) is 0 Å². The molecular weight excluding hydrogens is 513 g/mol. The smallest absolute Gasteiger partial charge is 0.256 e. The zero-order valence-electron chi connectivity index (χ0n) is 17.7. The summed E-state index contributed by atoms with van der Waals surface area (Å²) in [7, 11) is 0. The zero-order valence-corrected chi connectivity index (χ0v) is 17.7. The van der Waals surface area contributed by atoms with E-state index >= 15 is 0 Å². The third-order valence-corrected chi connectivity index (χ3v) is 5.53. The van der Waals surface area contributed by atoms with Gasteiger partial charge in [0.05, 0.1) is 5.52 Å². The normalized spacial score (nSPS) is 15.5. The van der Waals surface area contributed by atoms with E-state index in [1.165, 1.54) is 24.3 Å². The molecule has 1 atom stereocenters. The molecule has 0 spiro atoms. The predicted molar refractivity (Wildman–Crippen MR) is 99.4 cm³/mol. The minimum absolute atomic E-state index is 0.0850. The monoisotopic (exact) mass is 531 g/mol. The number of fused-ring (bicyclic) bond motifs is 1. The van der Waals surface area contributed by atoms with Crippen LogP contribution in [-0.2, 0) is 0 Å². The van der Waals surface area contributed by atoms with E-state index in [0.717, 1.165) is 12.3 Å². The Bertz CT molecular complexity index is 1010. The van der Waals surface area contributed by atoms with E-state index in [-0.39, 0.29) is 29.3 Å². The highest BCUT2D eigenvalue weighted by atomic mass is 19.4. The quantitative estimate of drug-likeness (QED) is 0.280. The number of hydrogen-bond acceptors (Lipinski definition) is 1. The van der Waals surface area contributed by atoms with E-state index in [1.807, 2.05) is 0 Å². The van der Waals surface area contributed by atoms with Gasteiger partial charge in [-0.2, -0.15) is 57.1 Å². The lowest BCUT2D eigenvalue weighted by atomic mass is 9.83. The van der Waals surface area contributed by atoms with Gasteiger partial charge >= 0.3 is 35.8 Å². The van der Waals surface area contributed by atoms with E-state index in [4.69, 9.17) is 0 Å². The van der Waals surface area contributed by atoms with Crippen molar-refractivity contribution in [1.82, 2.24) is 4.98 Å². The van der Waals surface area contributed by atoms with Crippen LogP contribution < -0.4 is 0 Å². The number of benzene rings is 1. The van der Waals surface area contributed by atoms with Crippen molar-refractivity contribution >= 4 is 10.9 Å². The molecule has 1 nitrogen and oxygen atoms in total. The first-order valence-electron chi connectivity index (χ1n) is 10.1. The number of unbranched alkanes of at least 4 members (excludes halogenated alkanes) is 1. The van der Waals surface area contributed by atoms with E-state index in [1.54, 1.807) is 6.92 Å². The van der Waals surface area contributed by atoms with Gasteiger partial charge < -0.3 is 0 Å². The van der Waals surface area contributed by atoms with Crippen molar-refractivity contribution in [2.75, 3.05) is 0 Å². The fourth-order valence-corrected chi connectivity index (χ4v) is 3.53. The van der Waals surface area contributed by atoms with Crippen LogP contribution in [0.3, 0.4) is 0 Å². The van der Waals surface area contributed by atoms with Crippen molar-refractivity contribution in [1.29, 1.82) is 0 Å². The summed E-state index contributed by atoms with van der Waals surface area (Å²) in [5, 5.41) is 0.149. The fraction of sp³-hybridized carbons (Fsp3) is 0.571. The average molecular weight is 531 g/mol. The lowest BCUT2D eigenvalue weighted by Crippen LogP contribution is -2.70. The third kappa shape index (κ3) is 4.76. The molecule has 0 radical (unpaired) electrons. The second-order valence-corrected chi connectivity index (χ2v) is 7.96. The Morgan fingerprint density at radius 3 is 1.80 bits per heavy atom. The minimum atomic E-state index is -7.90. The summed E-state index contributed by atoms with van der Waals surface area (Å²) in [6.07, 6.45) is -8.51. The number of rotatable bonds is 10. The Morgan fingerprint density at radius 2 is 1.26 bits per heavy atom. The Labute approximate surface area is 190 Å². The van der Waals surface area contributed by atoms with E-state index in [0.29, 0.717) is 6.42 Å². The van der Waals surface area contributed by atoms with Crippen LogP contribution in [-0.4, -0.2) is 40.8 Å². The van der Waals surface area contributed by atoms with Crippen LogP contribution in [0, 0.1) is 0 Å². The SMILES string of the molecule is CCCCC(CC(F)(F)C(F)(F)C(F)(F)C(F)(F)C(F)(F)C(F)(F)F)c1ccnc2ccccc12. The second-order valence-electron chi connectivity index (χ2n) is 7.96. The first-order chi connectivity index (χ1) is 15.8. The fourth-order valence-electron chi connectivity index (χ4n) is 3.53. The molecule has 0 saturated heterocycles. The Morgan fingerprint density at radius 1 is 0.714 bits per heavy atom. The summed E-state index contributed by atoms with van der Waals surface area (Å²) in [6, 6.07) is 6.79. The highest BCUT2D eigenvalue weighted by Crippen LogP contribution is 2.61. The number of aromatic nitrogens is 1. The topological polar surface area (TPSA) is 12.9 Å². The van der Waals surface area contributed by atoms with Gasteiger partial charge in [0, 0.05) is 18.0 Å². The lowest BCUT2D eigenvalue weighted by Gasteiger charge is -2.40. The van der Waals surface area contributed by atoms with Crippen molar-refractivity contribution in [2.45, 2.75) is 74.3 Å². The maximum atomic E-state index is 14.6. The van der Waals surface area contributed by atoms with Crippen molar-refractivity contribution in [2.24, 2.45) is 0 Å². The predicted octanol–water partition coefficient (Wildman–Crippen LogP) is 8.64. The lowest BCUT2D eigenvalue weighted by molar-refractivity contribution is -0.440. The number of para-hydroxylation sites is 1. The average Bonchev–Trinajstić information content (AvgIpc) is 2.74. The van der Waals surface area contributed by atoms with Crippen LogP contribution in [0.5, 0.6) is 0 Å². The number of halogens is 13. The van der Waals surface area contributed by atoms with E-state index in [2.05, 4.69) is 4.98 Å². The maximum Gasteiger partial charge on any atom is 0.460 e. The summed E-state index contributed by atoms with van der Waals surface area (Å²) in [6.45, 7) is 1.57. The summed E-state index contributed by atoms with van der Waals surface area (Å²) in [5.74, 6) is -38.5. The van der Waals surface area contributed by atoms with Crippen LogP contribution in [0.15, 0.2) is 36.5 Å². The minimum Gasteiger partial charge on any atom is -0.256 e. The molecule has 2 rings (SSSR count). The van der Waals surface area contributed by atoms with Gasteiger partial charge in [-0.05, 0) is 30.0 Å². The molecule has 1 aromatic carbocycles. The molecule has 0 N–H and O–H groups in total. The van der Waals surface area contributed by atoms with Gasteiger partial charge in [0.2, 0.25) is 0 Å². The van der Waals surface area contributed by atoms with Gasteiger partial charge in [-0.3, -0.25) is 4.98 Å². The molecule has 0 aliphatic heterocycles. The van der Waals surface area contributed by atoms with Crippen LogP contribution in [0.25, 0.3) is 10.9 Å². The second kappa shape index (κ2) is 9.30. The summed E-state index contributed by atoms with van der Waals surface area (Å²) < 4.78 is 175. The molecule has 35 heavy (non-hydrogen) atoms. The Balaban J connectivity index is 2.56. The molecule has 198 valence electrons. The highest BCUT2D eigenvalue weighted by molar-refractivity contribution is 5.82. The van der Waals surface area contributed by atoms with Crippen LogP contribution in [0.2, 0.25) is 0 Å². The largest absolute Gasteiger partial charge is 0.460 e. The number of pyridine rings is 1. The maximum absolute atomic E-state index is 14.6. The number of nitrogens with zero attached hydrogens (tertiary/aromatic N) is 1. The van der Waals surface area contributed by atoms with Crippen LogP contribution >= 0.6 is 0 Å². The number of hydrogen-bond donors (Lipinski definition) is 0. The van der Waals surface area contributed by atoms with Gasteiger partial charge in [0.1, 0.15) is 0 Å². The third-order valence-electron chi connectivity index (χ3n) is 5.53. The summed E-state index contributed by atoms with van der Waals surface area (Å²) in [5.41, 5.74) is 0.110. The van der Waals surface area contributed by atoms with Gasteiger partial charge in [0.15, 0.2) is 0 Å². The molecule has 0 aliphatic carbocycles. The van der Waals surface area contributed by atoms with Crippen molar-refractivity contribution in [3.05, 3.63) is 42.1 Å². The Kier molecular flexibility index (Phi) is 7.70. The molecule has 14 heteroatoms. The van der Waals surface area contributed by atoms with Crippen molar-refractivity contribution in [3.8, 4) is 0 Å². The molecule has 0 aliphatic rings. The molecule has 0 amide bonds. The highest BCUT2D eigenvalue weighted by Gasteiger charge is 2.90. The van der Waals surface area contributed by atoms with Crippen LogP contribution in [0.4, 0.5) is 57.1 Å². The molecule has 0 fully saturated rings.